The molecular weight excluding hydrogens is 409 g/mol. The highest BCUT2D eigenvalue weighted by atomic mass is 19.1. The molecule has 1 N–H and O–H groups in total. The molecule has 0 saturated carbocycles. The molecule has 2 aromatic carbocycles. The molecule has 4 rings (SSSR count). The second-order valence-corrected chi connectivity index (χ2v) is 8.58. The van der Waals surface area contributed by atoms with Gasteiger partial charge in [0.2, 0.25) is 0 Å². The molecular formula is C25H32FN3O3. The maximum atomic E-state index is 14.7. The number of ether oxygens (including phenoxy) is 2. The van der Waals surface area contributed by atoms with E-state index in [9.17, 15) is 9.18 Å². The van der Waals surface area contributed by atoms with Gasteiger partial charge < -0.3 is 19.7 Å². The Kier molecular flexibility index (Phi) is 7.27. The number of amides is 1. The lowest BCUT2D eigenvalue weighted by molar-refractivity contribution is 0.0891. The van der Waals surface area contributed by atoms with Crippen LogP contribution in [0.3, 0.4) is 0 Å². The van der Waals surface area contributed by atoms with E-state index in [0.717, 1.165) is 25.1 Å². The molecule has 32 heavy (non-hydrogen) atoms. The molecule has 2 atom stereocenters. The highest BCUT2D eigenvalue weighted by Crippen LogP contribution is 2.35. The van der Waals surface area contributed by atoms with Crippen molar-refractivity contribution < 1.29 is 18.7 Å². The SMILES string of the molecule is COc1ccc(C2C(CNC(=O)c3ccc(N4CCOCC4)c(F)c3)CCCN2C)cc1. The van der Waals surface area contributed by atoms with Crippen molar-refractivity contribution in [1.29, 1.82) is 0 Å². The lowest BCUT2D eigenvalue weighted by Gasteiger charge is -2.39. The third-order valence-electron chi connectivity index (χ3n) is 6.55. The normalized spacial score (nSPS) is 21.9. The van der Waals surface area contributed by atoms with Crippen molar-refractivity contribution in [2.45, 2.75) is 18.9 Å². The minimum atomic E-state index is -0.368. The number of nitrogens with zero attached hydrogens (tertiary/aromatic N) is 2. The third kappa shape index (κ3) is 5.05. The molecule has 2 fully saturated rings. The Hall–Kier alpha value is -2.64. The van der Waals surface area contributed by atoms with Gasteiger partial charge in [-0.3, -0.25) is 9.69 Å². The fourth-order valence-corrected chi connectivity index (χ4v) is 4.84. The molecule has 0 radical (unpaired) electrons. The molecule has 0 bridgehead atoms. The zero-order valence-corrected chi connectivity index (χ0v) is 18.9. The standard InChI is InChI=1S/C25H32FN3O3/c1-28-11-3-4-20(24(28)18-5-8-21(31-2)9-6-18)17-27-25(30)19-7-10-23(22(26)16-19)29-12-14-32-15-13-29/h5-10,16,20,24H,3-4,11-15,17H2,1-2H3,(H,27,30). The third-order valence-corrected chi connectivity index (χ3v) is 6.55. The van der Waals surface area contributed by atoms with Gasteiger partial charge in [0.1, 0.15) is 11.6 Å². The molecule has 172 valence electrons. The first-order chi connectivity index (χ1) is 15.6. The smallest absolute Gasteiger partial charge is 0.251 e. The summed E-state index contributed by atoms with van der Waals surface area (Å²) in [6, 6.07) is 13.1. The van der Waals surface area contributed by atoms with Crippen LogP contribution in [0.1, 0.15) is 34.8 Å². The largest absolute Gasteiger partial charge is 0.497 e. The van der Waals surface area contributed by atoms with Gasteiger partial charge >= 0.3 is 0 Å². The topological polar surface area (TPSA) is 54.0 Å². The molecule has 2 unspecified atom stereocenters. The summed E-state index contributed by atoms with van der Waals surface area (Å²) >= 11 is 0. The van der Waals surface area contributed by atoms with Crippen LogP contribution in [0.15, 0.2) is 42.5 Å². The number of anilines is 1. The average molecular weight is 442 g/mol. The number of likely N-dealkylation sites (tertiary alicyclic amines) is 1. The van der Waals surface area contributed by atoms with Crippen molar-refractivity contribution in [2.75, 3.05) is 58.5 Å². The molecule has 2 aliphatic heterocycles. The number of morpholine rings is 1. The highest BCUT2D eigenvalue weighted by molar-refractivity contribution is 5.94. The second-order valence-electron chi connectivity index (χ2n) is 8.58. The van der Waals surface area contributed by atoms with Crippen LogP contribution in [-0.2, 0) is 4.74 Å². The summed E-state index contributed by atoms with van der Waals surface area (Å²) in [6.07, 6.45) is 2.12. The van der Waals surface area contributed by atoms with E-state index in [4.69, 9.17) is 9.47 Å². The predicted molar refractivity (Wildman–Crippen MR) is 123 cm³/mol. The van der Waals surface area contributed by atoms with Gasteiger partial charge in [0.05, 0.1) is 26.0 Å². The van der Waals surface area contributed by atoms with Gasteiger partial charge in [0.15, 0.2) is 0 Å². The predicted octanol–water partition coefficient (Wildman–Crippen LogP) is 3.48. The van der Waals surface area contributed by atoms with Crippen LogP contribution in [-0.4, -0.2) is 64.4 Å². The fraction of sp³-hybridized carbons (Fsp3) is 0.480. The van der Waals surface area contributed by atoms with Gasteiger partial charge in [-0.15, -0.1) is 0 Å². The minimum Gasteiger partial charge on any atom is -0.497 e. The summed E-state index contributed by atoms with van der Waals surface area (Å²) < 4.78 is 25.3. The van der Waals surface area contributed by atoms with Gasteiger partial charge in [-0.2, -0.15) is 0 Å². The number of halogens is 1. The Morgan fingerprint density at radius 1 is 1.16 bits per heavy atom. The molecule has 2 aliphatic rings. The Labute approximate surface area is 189 Å². The first-order valence-corrected chi connectivity index (χ1v) is 11.3. The molecule has 1 amide bonds. The van der Waals surface area contributed by atoms with Crippen LogP contribution in [0, 0.1) is 11.7 Å². The van der Waals surface area contributed by atoms with Crippen molar-refractivity contribution in [3.8, 4) is 5.75 Å². The molecule has 2 aromatic rings. The maximum absolute atomic E-state index is 14.7. The summed E-state index contributed by atoms with van der Waals surface area (Å²) in [5.41, 5.74) is 2.09. The van der Waals surface area contributed by atoms with Crippen molar-refractivity contribution in [1.82, 2.24) is 10.2 Å². The van der Waals surface area contributed by atoms with E-state index in [1.807, 2.05) is 17.0 Å². The highest BCUT2D eigenvalue weighted by Gasteiger charge is 2.31. The number of hydrogen-bond acceptors (Lipinski definition) is 5. The number of benzene rings is 2. The summed E-state index contributed by atoms with van der Waals surface area (Å²) in [5, 5.41) is 3.05. The molecule has 0 aromatic heterocycles. The monoisotopic (exact) mass is 441 g/mol. The van der Waals surface area contributed by atoms with Crippen molar-refractivity contribution in [3.05, 3.63) is 59.4 Å². The zero-order valence-electron chi connectivity index (χ0n) is 18.9. The van der Waals surface area contributed by atoms with Gasteiger partial charge in [-0.1, -0.05) is 12.1 Å². The van der Waals surface area contributed by atoms with Crippen LogP contribution in [0.2, 0.25) is 0 Å². The van der Waals surface area contributed by atoms with E-state index in [2.05, 4.69) is 29.4 Å². The lowest BCUT2D eigenvalue weighted by Crippen LogP contribution is -2.41. The van der Waals surface area contributed by atoms with E-state index in [1.165, 1.54) is 11.6 Å². The maximum Gasteiger partial charge on any atom is 0.251 e. The first kappa shape index (κ1) is 22.6. The minimum absolute atomic E-state index is 0.218. The van der Waals surface area contributed by atoms with E-state index < -0.39 is 0 Å². The number of piperidine rings is 1. The quantitative estimate of drug-likeness (QED) is 0.744. The van der Waals surface area contributed by atoms with Gasteiger partial charge in [-0.25, -0.2) is 4.39 Å². The Balaban J connectivity index is 1.41. The fourth-order valence-electron chi connectivity index (χ4n) is 4.84. The number of rotatable bonds is 6. The van der Waals surface area contributed by atoms with Crippen molar-refractivity contribution in [3.63, 3.8) is 0 Å². The summed E-state index contributed by atoms with van der Waals surface area (Å²) in [6.45, 7) is 4.07. The molecule has 2 saturated heterocycles. The summed E-state index contributed by atoms with van der Waals surface area (Å²) in [4.78, 5) is 17.1. The molecule has 2 heterocycles. The van der Waals surface area contributed by atoms with Crippen LogP contribution in [0.4, 0.5) is 10.1 Å². The molecule has 7 heteroatoms. The lowest BCUT2D eigenvalue weighted by atomic mass is 9.85. The number of carbonyl (C=O) groups excluding carboxylic acids is 1. The number of methoxy groups -OCH3 is 1. The van der Waals surface area contributed by atoms with Gasteiger partial charge in [0.25, 0.3) is 5.91 Å². The van der Waals surface area contributed by atoms with E-state index in [-0.39, 0.29) is 23.7 Å². The number of hydrogen-bond donors (Lipinski definition) is 1. The Morgan fingerprint density at radius 2 is 1.91 bits per heavy atom. The molecule has 0 aliphatic carbocycles. The van der Waals surface area contributed by atoms with Crippen LogP contribution < -0.4 is 15.0 Å². The number of carbonyl (C=O) groups is 1. The van der Waals surface area contributed by atoms with Crippen LogP contribution in [0.25, 0.3) is 0 Å². The van der Waals surface area contributed by atoms with Crippen molar-refractivity contribution >= 4 is 11.6 Å². The summed E-state index contributed by atoms with van der Waals surface area (Å²) in [5.74, 6) is 0.510. The van der Waals surface area contributed by atoms with Gasteiger partial charge in [0, 0.05) is 31.2 Å². The van der Waals surface area contributed by atoms with Crippen molar-refractivity contribution in [2.24, 2.45) is 5.92 Å². The average Bonchev–Trinajstić information content (AvgIpc) is 2.83. The summed E-state index contributed by atoms with van der Waals surface area (Å²) in [7, 11) is 3.79. The molecule has 6 nitrogen and oxygen atoms in total. The van der Waals surface area contributed by atoms with E-state index in [1.54, 1.807) is 19.2 Å². The Bertz CT molecular complexity index is 915. The van der Waals surface area contributed by atoms with E-state index >= 15 is 0 Å². The Morgan fingerprint density at radius 3 is 2.59 bits per heavy atom. The second kappa shape index (κ2) is 10.3. The first-order valence-electron chi connectivity index (χ1n) is 11.3. The van der Waals surface area contributed by atoms with Crippen LogP contribution in [0.5, 0.6) is 5.75 Å². The van der Waals surface area contributed by atoms with Crippen LogP contribution >= 0.6 is 0 Å². The zero-order chi connectivity index (χ0) is 22.5. The van der Waals surface area contributed by atoms with E-state index in [0.29, 0.717) is 44.1 Å². The molecule has 0 spiro atoms. The number of nitrogens with one attached hydrogen (secondary N) is 1. The van der Waals surface area contributed by atoms with Gasteiger partial charge in [-0.05, 0) is 68.2 Å².